The molecule has 0 spiro atoms. The van der Waals surface area contributed by atoms with Gasteiger partial charge in [-0.05, 0) is 55.6 Å². The summed E-state index contributed by atoms with van der Waals surface area (Å²) >= 11 is 0. The van der Waals surface area contributed by atoms with Crippen LogP contribution in [0.3, 0.4) is 0 Å². The van der Waals surface area contributed by atoms with Gasteiger partial charge in [0, 0.05) is 55.0 Å². The predicted molar refractivity (Wildman–Crippen MR) is 123 cm³/mol. The third-order valence-corrected chi connectivity index (χ3v) is 6.19. The third kappa shape index (κ3) is 4.57. The number of aryl methyl sites for hydroxylation is 1. The van der Waals surface area contributed by atoms with Crippen LogP contribution in [0.5, 0.6) is 0 Å². The first-order chi connectivity index (χ1) is 15.6. The maximum atomic E-state index is 13.0. The van der Waals surface area contributed by atoms with Gasteiger partial charge in [0.1, 0.15) is 11.5 Å². The molecule has 0 saturated carbocycles. The zero-order valence-corrected chi connectivity index (χ0v) is 18.2. The standard InChI is InChI=1S/C25H26N6O/c1-30-17-24(28-29-30)19-5-6-20-15-27-23(13-21(20)12-19)14-25(32)18-7-10-31(11-8-18)16-22-4-2-3-9-26-22/h2-6,9,12-13,15,17-18H,7-8,10-11,14,16H2,1H3. The van der Waals surface area contributed by atoms with Crippen LogP contribution in [0.15, 0.2) is 61.1 Å². The first-order valence-corrected chi connectivity index (χ1v) is 11.0. The van der Waals surface area contributed by atoms with Crippen molar-refractivity contribution in [2.24, 2.45) is 13.0 Å². The molecule has 3 aromatic heterocycles. The fourth-order valence-electron chi connectivity index (χ4n) is 4.38. The Morgan fingerprint density at radius 1 is 1.03 bits per heavy atom. The van der Waals surface area contributed by atoms with E-state index < -0.39 is 0 Å². The minimum Gasteiger partial charge on any atom is -0.299 e. The molecular weight excluding hydrogens is 400 g/mol. The number of piperidine rings is 1. The van der Waals surface area contributed by atoms with E-state index >= 15 is 0 Å². The van der Waals surface area contributed by atoms with Gasteiger partial charge >= 0.3 is 0 Å². The van der Waals surface area contributed by atoms with Crippen molar-refractivity contribution < 1.29 is 4.79 Å². The molecule has 0 bridgehead atoms. The lowest BCUT2D eigenvalue weighted by atomic mass is 9.90. The van der Waals surface area contributed by atoms with Crippen molar-refractivity contribution in [1.29, 1.82) is 0 Å². The molecule has 0 atom stereocenters. The van der Waals surface area contributed by atoms with Gasteiger partial charge in [-0.25, -0.2) is 0 Å². The Kier molecular flexibility index (Phi) is 5.73. The van der Waals surface area contributed by atoms with Gasteiger partial charge in [-0.3, -0.25) is 24.3 Å². The molecule has 0 radical (unpaired) electrons. The van der Waals surface area contributed by atoms with Gasteiger partial charge in [0.25, 0.3) is 0 Å². The van der Waals surface area contributed by atoms with Gasteiger partial charge in [-0.1, -0.05) is 23.4 Å². The Morgan fingerprint density at radius 3 is 2.66 bits per heavy atom. The van der Waals surface area contributed by atoms with E-state index in [4.69, 9.17) is 0 Å². The van der Waals surface area contributed by atoms with Crippen molar-refractivity contribution in [3.8, 4) is 11.3 Å². The number of hydrogen-bond acceptors (Lipinski definition) is 6. The van der Waals surface area contributed by atoms with Gasteiger partial charge in [-0.15, -0.1) is 5.10 Å². The normalized spacial score (nSPS) is 15.3. The van der Waals surface area contributed by atoms with Gasteiger partial charge < -0.3 is 0 Å². The van der Waals surface area contributed by atoms with Crippen molar-refractivity contribution in [2.45, 2.75) is 25.8 Å². The predicted octanol–water partition coefficient (Wildman–Crippen LogP) is 3.45. The quantitative estimate of drug-likeness (QED) is 0.470. The van der Waals surface area contributed by atoms with E-state index in [2.05, 4.69) is 37.3 Å². The number of ketones is 1. The van der Waals surface area contributed by atoms with Crippen molar-refractivity contribution in [2.75, 3.05) is 13.1 Å². The Hall–Kier alpha value is -3.45. The van der Waals surface area contributed by atoms with Crippen molar-refractivity contribution >= 4 is 16.6 Å². The minimum atomic E-state index is 0.110. The van der Waals surface area contributed by atoms with Crippen LogP contribution in [-0.2, 0) is 24.8 Å². The van der Waals surface area contributed by atoms with Gasteiger partial charge in [0.05, 0.1) is 11.9 Å². The molecule has 0 amide bonds. The molecule has 1 fully saturated rings. The average molecular weight is 427 g/mol. The number of carbonyl (C=O) groups excluding carboxylic acids is 1. The lowest BCUT2D eigenvalue weighted by Gasteiger charge is -2.30. The summed E-state index contributed by atoms with van der Waals surface area (Å²) in [6, 6.07) is 14.2. The molecule has 0 aliphatic carbocycles. The number of likely N-dealkylation sites (tertiary alicyclic amines) is 1. The van der Waals surface area contributed by atoms with Crippen LogP contribution in [0.4, 0.5) is 0 Å². The molecule has 4 aromatic rings. The summed E-state index contributed by atoms with van der Waals surface area (Å²) in [5.41, 5.74) is 3.75. The van der Waals surface area contributed by atoms with Crippen LogP contribution in [0.25, 0.3) is 22.0 Å². The number of carbonyl (C=O) groups is 1. The first kappa shape index (κ1) is 20.5. The van der Waals surface area contributed by atoms with Gasteiger partial charge in [-0.2, -0.15) is 0 Å². The topological polar surface area (TPSA) is 76.8 Å². The molecular formula is C25H26N6O. The zero-order valence-electron chi connectivity index (χ0n) is 18.2. The van der Waals surface area contributed by atoms with E-state index in [0.717, 1.165) is 65.9 Å². The molecule has 162 valence electrons. The largest absolute Gasteiger partial charge is 0.299 e. The minimum absolute atomic E-state index is 0.110. The third-order valence-electron chi connectivity index (χ3n) is 6.19. The van der Waals surface area contributed by atoms with Crippen LogP contribution in [-0.4, -0.2) is 48.7 Å². The zero-order chi connectivity index (χ0) is 21.9. The first-order valence-electron chi connectivity index (χ1n) is 11.0. The molecule has 7 heteroatoms. The molecule has 1 aliphatic rings. The van der Waals surface area contributed by atoms with E-state index in [1.807, 2.05) is 56.0 Å². The molecule has 7 nitrogen and oxygen atoms in total. The summed E-state index contributed by atoms with van der Waals surface area (Å²) in [6.07, 6.45) is 7.77. The van der Waals surface area contributed by atoms with E-state index in [0.29, 0.717) is 12.2 Å². The molecule has 1 saturated heterocycles. The Labute approximate surface area is 187 Å². The molecule has 5 rings (SSSR count). The van der Waals surface area contributed by atoms with E-state index in [1.165, 1.54) is 0 Å². The number of rotatable bonds is 6. The number of Topliss-reactive ketones (excluding diaryl/α,β-unsaturated/α-hetero) is 1. The summed E-state index contributed by atoms with van der Waals surface area (Å²) in [6.45, 7) is 2.71. The number of aromatic nitrogens is 5. The maximum Gasteiger partial charge on any atom is 0.142 e. The number of hydrogen-bond donors (Lipinski definition) is 0. The Bertz CT molecular complexity index is 1230. The Balaban J connectivity index is 1.22. The van der Waals surface area contributed by atoms with Crippen LogP contribution >= 0.6 is 0 Å². The molecule has 4 heterocycles. The number of nitrogens with zero attached hydrogens (tertiary/aromatic N) is 6. The summed E-state index contributed by atoms with van der Waals surface area (Å²) in [7, 11) is 1.86. The molecule has 1 aliphatic heterocycles. The SMILES string of the molecule is Cn1cc(-c2ccc3cnc(CC(=O)C4CCN(Cc5ccccn5)CC4)cc3c2)nn1. The van der Waals surface area contributed by atoms with E-state index in [-0.39, 0.29) is 5.92 Å². The number of fused-ring (bicyclic) bond motifs is 1. The molecule has 0 unspecified atom stereocenters. The highest BCUT2D eigenvalue weighted by molar-refractivity contribution is 5.88. The second-order valence-corrected chi connectivity index (χ2v) is 8.53. The Morgan fingerprint density at radius 2 is 1.91 bits per heavy atom. The summed E-state index contributed by atoms with van der Waals surface area (Å²) in [4.78, 5) is 24.3. The highest BCUT2D eigenvalue weighted by Crippen LogP contribution is 2.25. The highest BCUT2D eigenvalue weighted by atomic mass is 16.1. The van der Waals surface area contributed by atoms with E-state index in [9.17, 15) is 4.79 Å². The molecule has 1 aromatic carbocycles. The average Bonchev–Trinajstić information content (AvgIpc) is 3.26. The molecule has 32 heavy (non-hydrogen) atoms. The second-order valence-electron chi connectivity index (χ2n) is 8.53. The highest BCUT2D eigenvalue weighted by Gasteiger charge is 2.25. The number of pyridine rings is 2. The smallest absolute Gasteiger partial charge is 0.142 e. The maximum absolute atomic E-state index is 13.0. The van der Waals surface area contributed by atoms with Gasteiger partial charge in [0.15, 0.2) is 0 Å². The summed E-state index contributed by atoms with van der Waals surface area (Å²) in [5.74, 6) is 0.401. The van der Waals surface area contributed by atoms with Crippen LogP contribution < -0.4 is 0 Å². The second kappa shape index (κ2) is 8.96. The van der Waals surface area contributed by atoms with Crippen LogP contribution in [0, 0.1) is 5.92 Å². The fourth-order valence-corrected chi connectivity index (χ4v) is 4.38. The van der Waals surface area contributed by atoms with Crippen molar-refractivity contribution in [1.82, 2.24) is 29.9 Å². The van der Waals surface area contributed by atoms with E-state index in [1.54, 1.807) is 4.68 Å². The van der Waals surface area contributed by atoms with Gasteiger partial charge in [0.2, 0.25) is 0 Å². The molecule has 0 N–H and O–H groups in total. The van der Waals surface area contributed by atoms with Crippen molar-refractivity contribution in [3.63, 3.8) is 0 Å². The lowest BCUT2D eigenvalue weighted by molar-refractivity contribution is -0.123. The summed E-state index contributed by atoms with van der Waals surface area (Å²) in [5, 5.41) is 10.3. The van der Waals surface area contributed by atoms with Crippen LogP contribution in [0.1, 0.15) is 24.2 Å². The lowest BCUT2D eigenvalue weighted by Crippen LogP contribution is -2.36. The monoisotopic (exact) mass is 426 g/mol. The number of benzene rings is 1. The summed E-state index contributed by atoms with van der Waals surface area (Å²) < 4.78 is 1.69. The van der Waals surface area contributed by atoms with Crippen LogP contribution in [0.2, 0.25) is 0 Å². The fraction of sp³-hybridized carbons (Fsp3) is 0.320. The van der Waals surface area contributed by atoms with Crippen molar-refractivity contribution in [3.05, 3.63) is 72.4 Å².